The third-order valence-electron chi connectivity index (χ3n) is 3.99. The zero-order valence-electron chi connectivity index (χ0n) is 14.1. The van der Waals surface area contributed by atoms with E-state index in [1.54, 1.807) is 18.6 Å². The Bertz CT molecular complexity index is 643. The monoisotopic (exact) mass is 342 g/mol. The molecule has 8 nitrogen and oxygen atoms in total. The number of imidazole rings is 3. The molecule has 0 bridgehead atoms. The van der Waals surface area contributed by atoms with Crippen LogP contribution < -0.4 is 0 Å². The second-order valence-electron chi connectivity index (χ2n) is 6.06. The molecule has 0 aliphatic rings. The molecule has 1 unspecified atom stereocenters. The Balaban J connectivity index is 1.62. The highest BCUT2D eigenvalue weighted by molar-refractivity contribution is 6.04. The Morgan fingerprint density at radius 3 is 1.75 bits per heavy atom. The standard InChI is InChI=1S/C15H21N8.Al.2H/c1-12(8-16-9-13-17-2-3-18-13)23(10-14-19-4-5-20-14)11-15-21-6-7-22-15;;;/h2-7,12H,8-11H2,1H3,(H,17,18)(H,19,20)(H,21,22);;;/q-1;+1;;. The number of aromatic nitrogens is 6. The van der Waals surface area contributed by atoms with E-state index in [0.717, 1.165) is 60.2 Å². The van der Waals surface area contributed by atoms with Gasteiger partial charge in [-0.3, -0.25) is 4.90 Å². The first kappa shape index (κ1) is 16.9. The molecule has 126 valence electrons. The molecule has 1 atom stereocenters. The molecule has 0 saturated carbocycles. The predicted molar refractivity (Wildman–Crippen MR) is 93.4 cm³/mol. The van der Waals surface area contributed by atoms with E-state index in [1.807, 2.05) is 18.6 Å². The van der Waals surface area contributed by atoms with Crippen molar-refractivity contribution in [3.63, 3.8) is 0 Å². The fraction of sp³-hybridized carbons (Fsp3) is 0.400. The van der Waals surface area contributed by atoms with Crippen molar-refractivity contribution < 1.29 is 0 Å². The zero-order chi connectivity index (χ0) is 16.8. The second kappa shape index (κ2) is 8.26. The van der Waals surface area contributed by atoms with Gasteiger partial charge in [-0.25, -0.2) is 15.0 Å². The smallest absolute Gasteiger partial charge is 0.322 e. The molecule has 9 heteroatoms. The largest absolute Gasteiger partial charge is 0.383 e. The van der Waals surface area contributed by atoms with Crippen molar-refractivity contribution in [1.29, 1.82) is 0 Å². The van der Waals surface area contributed by atoms with Gasteiger partial charge in [0.2, 0.25) is 0 Å². The first-order valence-corrected chi connectivity index (χ1v) is 8.97. The molecule has 0 aromatic carbocycles. The lowest BCUT2D eigenvalue weighted by molar-refractivity contribution is 0.158. The molecule has 3 heterocycles. The highest BCUT2D eigenvalue weighted by Gasteiger charge is 2.18. The van der Waals surface area contributed by atoms with E-state index in [1.165, 1.54) is 0 Å². The van der Waals surface area contributed by atoms with Crippen molar-refractivity contribution in [2.24, 2.45) is 0 Å². The molecule has 0 radical (unpaired) electrons. The minimum Gasteiger partial charge on any atom is -0.383 e. The number of rotatable bonds is 9. The summed E-state index contributed by atoms with van der Waals surface area (Å²) < 4.78 is 2.40. The summed E-state index contributed by atoms with van der Waals surface area (Å²) in [5.41, 5.74) is 0. The molecule has 3 rings (SSSR count). The summed E-state index contributed by atoms with van der Waals surface area (Å²) in [6.07, 6.45) is 11.0. The molecule has 24 heavy (non-hydrogen) atoms. The summed E-state index contributed by atoms with van der Waals surface area (Å²) in [6, 6.07) is 0.368. The number of H-pyrrole nitrogens is 3. The van der Waals surface area contributed by atoms with Crippen molar-refractivity contribution in [2.75, 3.05) is 6.54 Å². The normalized spacial score (nSPS) is 13.0. The maximum absolute atomic E-state index is 4.36. The SMILES string of the molecule is CC(C[N]([AlH2])Cc1ncc[nH]1)N(Cc1ncc[nH]1)Cc1ncc[nH]1. The average molecular weight is 342 g/mol. The van der Waals surface area contributed by atoms with Crippen molar-refractivity contribution in [3.05, 3.63) is 54.7 Å². The van der Waals surface area contributed by atoms with Gasteiger partial charge >= 0.3 is 16.5 Å². The van der Waals surface area contributed by atoms with Crippen LogP contribution in [-0.4, -0.2) is 67.8 Å². The quantitative estimate of drug-likeness (QED) is 0.486. The summed E-state index contributed by atoms with van der Waals surface area (Å²) in [7, 11) is 0. The molecule has 0 spiro atoms. The first-order valence-electron chi connectivity index (χ1n) is 8.08. The second-order valence-corrected chi connectivity index (χ2v) is 7.32. The lowest BCUT2D eigenvalue weighted by Crippen LogP contribution is -2.41. The fourth-order valence-electron chi connectivity index (χ4n) is 2.79. The lowest BCUT2D eigenvalue weighted by atomic mass is 10.2. The number of aromatic amines is 3. The van der Waals surface area contributed by atoms with Gasteiger partial charge in [0.25, 0.3) is 0 Å². The summed E-state index contributed by atoms with van der Waals surface area (Å²) in [4.78, 5) is 25.0. The molecular formula is C15H23AlN8. The van der Waals surface area contributed by atoms with E-state index in [2.05, 4.69) is 45.6 Å². The van der Waals surface area contributed by atoms with Crippen LogP contribution in [0.15, 0.2) is 37.2 Å². The van der Waals surface area contributed by atoms with Crippen LogP contribution in [0, 0.1) is 0 Å². The lowest BCUT2D eigenvalue weighted by Gasteiger charge is -2.31. The zero-order valence-corrected chi connectivity index (χ0v) is 16.1. The average Bonchev–Trinajstić information content (AvgIpc) is 3.30. The highest BCUT2D eigenvalue weighted by Crippen LogP contribution is 2.10. The first-order chi connectivity index (χ1) is 11.7. The Morgan fingerprint density at radius 2 is 1.33 bits per heavy atom. The van der Waals surface area contributed by atoms with Crippen molar-refractivity contribution in [2.45, 2.75) is 32.6 Å². The Labute approximate surface area is 149 Å². The predicted octanol–water partition coefficient (Wildman–Crippen LogP) is 0.297. The Hall–Kier alpha value is -1.92. The van der Waals surface area contributed by atoms with Gasteiger partial charge in [0, 0.05) is 49.8 Å². The van der Waals surface area contributed by atoms with E-state index >= 15 is 0 Å². The molecule has 0 amide bonds. The molecule has 0 aliphatic carbocycles. The van der Waals surface area contributed by atoms with Gasteiger partial charge in [-0.15, -0.1) is 0 Å². The van der Waals surface area contributed by atoms with Crippen LogP contribution in [-0.2, 0) is 19.6 Å². The topological polar surface area (TPSA) is 92.5 Å². The van der Waals surface area contributed by atoms with Crippen LogP contribution in [0.4, 0.5) is 0 Å². The third kappa shape index (κ3) is 4.79. The Kier molecular flexibility index (Phi) is 5.83. The molecular weight excluding hydrogens is 319 g/mol. The number of hydrogen-bond donors (Lipinski definition) is 3. The molecule has 0 fully saturated rings. The Morgan fingerprint density at radius 1 is 0.875 bits per heavy atom. The minimum absolute atomic E-state index is 0.368. The molecule has 0 aliphatic heterocycles. The van der Waals surface area contributed by atoms with Crippen molar-refractivity contribution in [3.8, 4) is 0 Å². The van der Waals surface area contributed by atoms with Crippen LogP contribution in [0.25, 0.3) is 0 Å². The molecule has 0 saturated heterocycles. The van der Waals surface area contributed by atoms with Crippen LogP contribution in [0.5, 0.6) is 0 Å². The summed E-state index contributed by atoms with van der Waals surface area (Å²) in [6.45, 7) is 5.63. The van der Waals surface area contributed by atoms with Crippen molar-refractivity contribution >= 4 is 16.5 Å². The molecule has 3 N–H and O–H groups in total. The van der Waals surface area contributed by atoms with E-state index < -0.39 is 0 Å². The van der Waals surface area contributed by atoms with Crippen LogP contribution >= 0.6 is 0 Å². The van der Waals surface area contributed by atoms with Gasteiger partial charge in [-0.2, -0.15) is 0 Å². The van der Waals surface area contributed by atoms with E-state index in [0.29, 0.717) is 6.04 Å². The van der Waals surface area contributed by atoms with Crippen molar-refractivity contribution in [1.82, 2.24) is 38.7 Å². The van der Waals surface area contributed by atoms with Crippen LogP contribution in [0.3, 0.4) is 0 Å². The van der Waals surface area contributed by atoms with Gasteiger partial charge in [-0.1, -0.05) is 0 Å². The van der Waals surface area contributed by atoms with E-state index in [9.17, 15) is 0 Å². The highest BCUT2D eigenvalue weighted by atomic mass is 27.1. The minimum atomic E-state index is 0.368. The summed E-state index contributed by atoms with van der Waals surface area (Å²) >= 11 is 0.985. The molecule has 3 aromatic rings. The number of nitrogens with one attached hydrogen (secondary N) is 3. The van der Waals surface area contributed by atoms with Gasteiger partial charge in [0.1, 0.15) is 17.5 Å². The maximum Gasteiger partial charge on any atom is 0.322 e. The summed E-state index contributed by atoms with van der Waals surface area (Å²) in [5.74, 6) is 2.96. The van der Waals surface area contributed by atoms with Gasteiger partial charge in [0.15, 0.2) is 0 Å². The third-order valence-corrected chi connectivity index (χ3v) is 4.67. The van der Waals surface area contributed by atoms with Gasteiger partial charge < -0.3 is 18.8 Å². The fourth-order valence-corrected chi connectivity index (χ4v) is 3.62. The van der Waals surface area contributed by atoms with Gasteiger partial charge in [-0.05, 0) is 13.5 Å². The van der Waals surface area contributed by atoms with E-state index in [4.69, 9.17) is 0 Å². The molecule has 3 aromatic heterocycles. The van der Waals surface area contributed by atoms with Crippen LogP contribution in [0.2, 0.25) is 0 Å². The van der Waals surface area contributed by atoms with Gasteiger partial charge in [0.05, 0.1) is 13.1 Å². The van der Waals surface area contributed by atoms with Crippen LogP contribution in [0.1, 0.15) is 24.4 Å². The van der Waals surface area contributed by atoms with E-state index in [-0.39, 0.29) is 0 Å². The maximum atomic E-state index is 4.36. The summed E-state index contributed by atoms with van der Waals surface area (Å²) in [5, 5.41) is 0. The number of nitrogens with zero attached hydrogens (tertiary/aromatic N) is 5. The number of hydrogen-bond acceptors (Lipinski definition) is 5.